The van der Waals surface area contributed by atoms with Crippen molar-refractivity contribution < 1.29 is 4.79 Å². The number of carbonyl (C=O) groups is 1. The number of hydrogen-bond donors (Lipinski definition) is 1. The van der Waals surface area contributed by atoms with E-state index in [2.05, 4.69) is 46.4 Å². The van der Waals surface area contributed by atoms with Crippen molar-refractivity contribution >= 4 is 11.6 Å². The summed E-state index contributed by atoms with van der Waals surface area (Å²) in [6.45, 7) is 4.40. The molecule has 4 heteroatoms. The second kappa shape index (κ2) is 10.3. The highest BCUT2D eigenvalue weighted by atomic mass is 16.1. The lowest BCUT2D eigenvalue weighted by Gasteiger charge is -2.23. The van der Waals surface area contributed by atoms with Gasteiger partial charge in [-0.05, 0) is 37.0 Å². The van der Waals surface area contributed by atoms with Gasteiger partial charge in [-0.2, -0.15) is 0 Å². The minimum Gasteiger partial charge on any atom is -0.366 e. The van der Waals surface area contributed by atoms with E-state index in [4.69, 9.17) is 0 Å². The summed E-state index contributed by atoms with van der Waals surface area (Å²) in [5.41, 5.74) is 4.09. The Morgan fingerprint density at radius 2 is 1.64 bits per heavy atom. The van der Waals surface area contributed by atoms with E-state index in [9.17, 15) is 4.79 Å². The molecule has 0 aliphatic rings. The van der Waals surface area contributed by atoms with Crippen LogP contribution in [-0.2, 0) is 13.0 Å². The van der Waals surface area contributed by atoms with Crippen LogP contribution < -0.4 is 10.2 Å². The fourth-order valence-electron chi connectivity index (χ4n) is 3.16. The molecule has 1 amide bonds. The quantitative estimate of drug-likeness (QED) is 0.563. The first-order chi connectivity index (χ1) is 13.8. The average Bonchev–Trinajstić information content (AvgIpc) is 2.76. The summed E-state index contributed by atoms with van der Waals surface area (Å²) in [6.07, 6.45) is 5.32. The van der Waals surface area contributed by atoms with Gasteiger partial charge in [0.1, 0.15) is 0 Å². The monoisotopic (exact) mass is 373 g/mol. The number of nitrogens with zero attached hydrogens (tertiary/aromatic N) is 2. The first-order valence-electron chi connectivity index (χ1n) is 9.82. The Hall–Kier alpha value is -3.14. The number of carbonyl (C=O) groups excluding carboxylic acids is 1. The van der Waals surface area contributed by atoms with Crippen molar-refractivity contribution in [2.45, 2.75) is 26.3 Å². The van der Waals surface area contributed by atoms with Gasteiger partial charge in [0.15, 0.2) is 0 Å². The lowest BCUT2D eigenvalue weighted by molar-refractivity contribution is 0.0953. The fraction of sp³-hybridized carbons (Fsp3) is 0.250. The summed E-state index contributed by atoms with van der Waals surface area (Å²) < 4.78 is 0. The maximum absolute atomic E-state index is 12.5. The van der Waals surface area contributed by atoms with Crippen molar-refractivity contribution in [1.82, 2.24) is 10.3 Å². The number of rotatable bonds is 9. The average molecular weight is 374 g/mol. The van der Waals surface area contributed by atoms with Crippen LogP contribution in [0, 0.1) is 0 Å². The molecule has 0 unspecified atom stereocenters. The molecule has 1 N–H and O–H groups in total. The van der Waals surface area contributed by atoms with E-state index in [1.165, 1.54) is 11.1 Å². The molecule has 0 atom stereocenters. The first-order valence-corrected chi connectivity index (χ1v) is 9.82. The summed E-state index contributed by atoms with van der Waals surface area (Å²) in [5.74, 6) is -0.0711. The smallest absolute Gasteiger partial charge is 0.252 e. The molecule has 4 nitrogen and oxygen atoms in total. The van der Waals surface area contributed by atoms with E-state index in [0.29, 0.717) is 12.1 Å². The number of nitrogens with one attached hydrogen (secondary N) is 1. The standard InChI is InChI=1S/C24H27N3O/c1-2-27(19-21-12-7-4-8-13-21)23-16-22(17-25-18-23)24(28)26-15-9-14-20-10-5-3-6-11-20/h3-8,10-13,16-18H,2,9,14-15,19H2,1H3,(H,26,28). The van der Waals surface area contributed by atoms with Crippen LogP contribution in [0.2, 0.25) is 0 Å². The van der Waals surface area contributed by atoms with E-state index < -0.39 is 0 Å². The minimum atomic E-state index is -0.0711. The van der Waals surface area contributed by atoms with Crippen molar-refractivity contribution in [2.75, 3.05) is 18.0 Å². The molecule has 28 heavy (non-hydrogen) atoms. The van der Waals surface area contributed by atoms with Gasteiger partial charge in [0.25, 0.3) is 5.91 Å². The van der Waals surface area contributed by atoms with Gasteiger partial charge in [-0.3, -0.25) is 9.78 Å². The van der Waals surface area contributed by atoms with Crippen LogP contribution in [0.15, 0.2) is 79.1 Å². The molecule has 0 aliphatic heterocycles. The number of benzene rings is 2. The van der Waals surface area contributed by atoms with E-state index in [1.807, 2.05) is 48.7 Å². The van der Waals surface area contributed by atoms with Crippen LogP contribution in [0.3, 0.4) is 0 Å². The number of hydrogen-bond acceptors (Lipinski definition) is 3. The van der Waals surface area contributed by atoms with E-state index >= 15 is 0 Å². The predicted octanol–water partition coefficient (Wildman–Crippen LogP) is 4.47. The molecule has 1 aromatic heterocycles. The molecule has 3 aromatic rings. The largest absolute Gasteiger partial charge is 0.366 e. The van der Waals surface area contributed by atoms with Crippen molar-refractivity contribution in [3.8, 4) is 0 Å². The molecule has 0 saturated heterocycles. The summed E-state index contributed by atoms with van der Waals surface area (Å²) >= 11 is 0. The number of pyridine rings is 1. The van der Waals surface area contributed by atoms with E-state index in [0.717, 1.165) is 31.6 Å². The second-order valence-electron chi connectivity index (χ2n) is 6.78. The van der Waals surface area contributed by atoms with Crippen LogP contribution in [0.4, 0.5) is 5.69 Å². The number of anilines is 1. The summed E-state index contributed by atoms with van der Waals surface area (Å²) in [5, 5.41) is 3.01. The van der Waals surface area contributed by atoms with Crippen LogP contribution in [0.1, 0.15) is 34.8 Å². The van der Waals surface area contributed by atoms with Gasteiger partial charge < -0.3 is 10.2 Å². The number of amides is 1. The third-order valence-corrected chi connectivity index (χ3v) is 4.72. The SMILES string of the molecule is CCN(Cc1ccccc1)c1cncc(C(=O)NCCCc2ccccc2)c1. The van der Waals surface area contributed by atoms with E-state index in [1.54, 1.807) is 6.20 Å². The van der Waals surface area contributed by atoms with Crippen LogP contribution >= 0.6 is 0 Å². The van der Waals surface area contributed by atoms with Crippen molar-refractivity contribution in [3.05, 3.63) is 95.8 Å². The Balaban J connectivity index is 1.56. The van der Waals surface area contributed by atoms with Gasteiger partial charge in [0.05, 0.1) is 17.4 Å². The topological polar surface area (TPSA) is 45.2 Å². The molecule has 2 aromatic carbocycles. The molecule has 0 aliphatic carbocycles. The van der Waals surface area contributed by atoms with Crippen LogP contribution in [0.5, 0.6) is 0 Å². The van der Waals surface area contributed by atoms with Crippen LogP contribution in [0.25, 0.3) is 0 Å². The Morgan fingerprint density at radius 3 is 2.32 bits per heavy atom. The predicted molar refractivity (Wildman–Crippen MR) is 114 cm³/mol. The lowest BCUT2D eigenvalue weighted by atomic mass is 10.1. The maximum Gasteiger partial charge on any atom is 0.252 e. The highest BCUT2D eigenvalue weighted by molar-refractivity contribution is 5.94. The van der Waals surface area contributed by atoms with Gasteiger partial charge in [-0.15, -0.1) is 0 Å². The fourth-order valence-corrected chi connectivity index (χ4v) is 3.16. The highest BCUT2D eigenvalue weighted by Gasteiger charge is 2.11. The highest BCUT2D eigenvalue weighted by Crippen LogP contribution is 2.17. The summed E-state index contributed by atoms with van der Waals surface area (Å²) in [4.78, 5) is 19.0. The lowest BCUT2D eigenvalue weighted by Crippen LogP contribution is -2.26. The third-order valence-electron chi connectivity index (χ3n) is 4.72. The van der Waals surface area contributed by atoms with E-state index in [-0.39, 0.29) is 5.91 Å². The number of aromatic nitrogens is 1. The second-order valence-corrected chi connectivity index (χ2v) is 6.78. The van der Waals surface area contributed by atoms with Gasteiger partial charge in [0.2, 0.25) is 0 Å². The Labute approximate surface area is 167 Å². The summed E-state index contributed by atoms with van der Waals surface area (Å²) in [6, 6.07) is 22.6. The Bertz CT molecular complexity index is 865. The normalized spacial score (nSPS) is 10.5. The Morgan fingerprint density at radius 1 is 0.964 bits per heavy atom. The van der Waals surface area contributed by atoms with Gasteiger partial charge in [-0.25, -0.2) is 0 Å². The van der Waals surface area contributed by atoms with Crippen LogP contribution in [-0.4, -0.2) is 24.0 Å². The summed E-state index contributed by atoms with van der Waals surface area (Å²) in [7, 11) is 0. The molecule has 0 spiro atoms. The van der Waals surface area contributed by atoms with Gasteiger partial charge >= 0.3 is 0 Å². The van der Waals surface area contributed by atoms with Crippen molar-refractivity contribution in [2.24, 2.45) is 0 Å². The van der Waals surface area contributed by atoms with Crippen molar-refractivity contribution in [3.63, 3.8) is 0 Å². The maximum atomic E-state index is 12.5. The zero-order valence-electron chi connectivity index (χ0n) is 16.3. The molecule has 0 bridgehead atoms. The molecule has 3 rings (SSSR count). The zero-order chi connectivity index (χ0) is 19.6. The molecular formula is C24H27N3O. The molecule has 0 saturated carbocycles. The number of aryl methyl sites for hydroxylation is 1. The molecule has 0 fully saturated rings. The molecular weight excluding hydrogens is 346 g/mol. The molecule has 1 heterocycles. The first kappa shape index (κ1) is 19.6. The van der Waals surface area contributed by atoms with Crippen molar-refractivity contribution in [1.29, 1.82) is 0 Å². The Kier molecular flexibility index (Phi) is 7.19. The molecule has 0 radical (unpaired) electrons. The molecule has 144 valence electrons. The zero-order valence-corrected chi connectivity index (χ0v) is 16.3. The van der Waals surface area contributed by atoms with Gasteiger partial charge in [0, 0.05) is 25.8 Å². The third kappa shape index (κ3) is 5.68. The van der Waals surface area contributed by atoms with Gasteiger partial charge in [-0.1, -0.05) is 60.7 Å². The minimum absolute atomic E-state index is 0.0711.